The van der Waals surface area contributed by atoms with Crippen LogP contribution in [0.2, 0.25) is 0 Å². The minimum absolute atomic E-state index is 0.425. The molecule has 0 aromatic carbocycles. The molecule has 0 bridgehead atoms. The first kappa shape index (κ1) is 14.1. The second-order valence-corrected chi connectivity index (χ2v) is 5.03. The summed E-state index contributed by atoms with van der Waals surface area (Å²) in [6.07, 6.45) is 0.967. The largest absolute Gasteiger partial charge is 0.317 e. The summed E-state index contributed by atoms with van der Waals surface area (Å²) in [4.78, 5) is 9.07. The number of aromatic nitrogens is 2. The maximum Gasteiger partial charge on any atom is 0.125 e. The molecule has 0 amide bonds. The molecular weight excluding hydrogens is 210 g/mol. The highest BCUT2D eigenvalue weighted by Crippen LogP contribution is 2.27. The van der Waals surface area contributed by atoms with E-state index in [1.54, 1.807) is 0 Å². The van der Waals surface area contributed by atoms with E-state index >= 15 is 0 Å². The van der Waals surface area contributed by atoms with Gasteiger partial charge in [-0.15, -0.1) is 0 Å². The lowest BCUT2D eigenvalue weighted by molar-refractivity contribution is 0.387. The molecule has 0 saturated heterocycles. The SMILES string of the molecule is CCc1cc(C(C(C)C)C(C)NC)nc(C)n1. The van der Waals surface area contributed by atoms with Gasteiger partial charge in [-0.1, -0.05) is 20.8 Å². The van der Waals surface area contributed by atoms with Crippen LogP contribution >= 0.6 is 0 Å². The number of nitrogens with zero attached hydrogens (tertiary/aromatic N) is 2. The molecule has 3 nitrogen and oxygen atoms in total. The van der Waals surface area contributed by atoms with Crippen molar-refractivity contribution in [2.45, 2.75) is 53.0 Å². The van der Waals surface area contributed by atoms with Gasteiger partial charge in [0.05, 0.1) is 0 Å². The average Bonchev–Trinajstić information content (AvgIpc) is 2.27. The molecule has 1 aromatic heterocycles. The zero-order chi connectivity index (χ0) is 13.0. The Morgan fingerprint density at radius 2 is 1.88 bits per heavy atom. The van der Waals surface area contributed by atoms with Crippen molar-refractivity contribution in [1.82, 2.24) is 15.3 Å². The summed E-state index contributed by atoms with van der Waals surface area (Å²) in [5, 5.41) is 3.34. The topological polar surface area (TPSA) is 37.8 Å². The molecule has 0 radical (unpaired) electrons. The van der Waals surface area contributed by atoms with Crippen molar-refractivity contribution in [2.75, 3.05) is 7.05 Å². The molecule has 0 aliphatic heterocycles. The van der Waals surface area contributed by atoms with E-state index in [-0.39, 0.29) is 0 Å². The summed E-state index contributed by atoms with van der Waals surface area (Å²) in [6.45, 7) is 10.8. The van der Waals surface area contributed by atoms with Crippen LogP contribution in [-0.2, 0) is 6.42 Å². The highest BCUT2D eigenvalue weighted by Gasteiger charge is 2.23. The number of likely N-dealkylation sites (N-methyl/N-ethyl adjacent to an activating group) is 1. The maximum absolute atomic E-state index is 4.62. The Morgan fingerprint density at radius 1 is 1.24 bits per heavy atom. The van der Waals surface area contributed by atoms with Gasteiger partial charge in [0.15, 0.2) is 0 Å². The number of hydrogen-bond donors (Lipinski definition) is 1. The Morgan fingerprint density at radius 3 is 2.35 bits per heavy atom. The molecule has 2 atom stereocenters. The molecule has 96 valence electrons. The van der Waals surface area contributed by atoms with E-state index in [1.165, 1.54) is 5.69 Å². The van der Waals surface area contributed by atoms with Crippen LogP contribution in [0.15, 0.2) is 6.07 Å². The fourth-order valence-electron chi connectivity index (χ4n) is 2.36. The Balaban J connectivity index is 3.13. The summed E-state index contributed by atoms with van der Waals surface area (Å²) in [6, 6.07) is 2.58. The van der Waals surface area contributed by atoms with Gasteiger partial charge < -0.3 is 5.32 Å². The van der Waals surface area contributed by atoms with Crippen LogP contribution < -0.4 is 5.32 Å². The van der Waals surface area contributed by atoms with Gasteiger partial charge in [0.2, 0.25) is 0 Å². The van der Waals surface area contributed by atoms with E-state index in [4.69, 9.17) is 0 Å². The second-order valence-electron chi connectivity index (χ2n) is 5.03. The Kier molecular flexibility index (Phi) is 5.06. The van der Waals surface area contributed by atoms with Gasteiger partial charge in [-0.2, -0.15) is 0 Å². The van der Waals surface area contributed by atoms with E-state index in [1.807, 2.05) is 14.0 Å². The lowest BCUT2D eigenvalue weighted by atomic mass is 9.86. The first-order chi connectivity index (χ1) is 7.99. The highest BCUT2D eigenvalue weighted by atomic mass is 14.9. The van der Waals surface area contributed by atoms with Crippen LogP contribution in [0.3, 0.4) is 0 Å². The van der Waals surface area contributed by atoms with Crippen LogP contribution in [-0.4, -0.2) is 23.1 Å². The van der Waals surface area contributed by atoms with Gasteiger partial charge >= 0.3 is 0 Å². The fraction of sp³-hybridized carbons (Fsp3) is 0.714. The van der Waals surface area contributed by atoms with Gasteiger partial charge in [-0.05, 0) is 39.3 Å². The minimum atomic E-state index is 0.425. The zero-order valence-corrected chi connectivity index (χ0v) is 11.9. The van der Waals surface area contributed by atoms with Crippen molar-refractivity contribution in [3.63, 3.8) is 0 Å². The molecule has 0 aliphatic rings. The smallest absolute Gasteiger partial charge is 0.125 e. The zero-order valence-electron chi connectivity index (χ0n) is 11.9. The Bertz CT molecular complexity index is 360. The maximum atomic E-state index is 4.62. The molecule has 0 saturated carbocycles. The predicted octanol–water partition coefficient (Wildman–Crippen LogP) is 2.69. The Hall–Kier alpha value is -0.960. The van der Waals surface area contributed by atoms with Crippen LogP contribution in [0.25, 0.3) is 0 Å². The fourth-order valence-corrected chi connectivity index (χ4v) is 2.36. The second kappa shape index (κ2) is 6.10. The molecule has 2 unspecified atom stereocenters. The lowest BCUT2D eigenvalue weighted by Gasteiger charge is -2.27. The van der Waals surface area contributed by atoms with Crippen molar-refractivity contribution < 1.29 is 0 Å². The third-order valence-electron chi connectivity index (χ3n) is 3.33. The van der Waals surface area contributed by atoms with E-state index in [2.05, 4.69) is 49.0 Å². The average molecular weight is 235 g/mol. The molecule has 0 fully saturated rings. The lowest BCUT2D eigenvalue weighted by Crippen LogP contribution is -2.32. The van der Waals surface area contributed by atoms with Crippen LogP contribution in [0, 0.1) is 12.8 Å². The normalized spacial score (nSPS) is 15.0. The summed E-state index contributed by atoms with van der Waals surface area (Å²) >= 11 is 0. The van der Waals surface area contributed by atoms with Gasteiger partial charge in [-0.25, -0.2) is 9.97 Å². The van der Waals surface area contributed by atoms with Gasteiger partial charge in [0, 0.05) is 23.3 Å². The van der Waals surface area contributed by atoms with Crippen LogP contribution in [0.5, 0.6) is 0 Å². The summed E-state index contributed by atoms with van der Waals surface area (Å²) in [5.74, 6) is 1.89. The first-order valence-corrected chi connectivity index (χ1v) is 6.51. The predicted molar refractivity (Wildman–Crippen MR) is 72.2 cm³/mol. The molecule has 0 spiro atoms. The molecule has 1 N–H and O–H groups in total. The Labute approximate surface area is 105 Å². The molecule has 0 aliphatic carbocycles. The third kappa shape index (κ3) is 3.50. The monoisotopic (exact) mass is 235 g/mol. The van der Waals surface area contributed by atoms with Gasteiger partial charge in [-0.3, -0.25) is 0 Å². The number of rotatable bonds is 5. The molecule has 1 aromatic rings. The number of aryl methyl sites for hydroxylation is 2. The number of hydrogen-bond acceptors (Lipinski definition) is 3. The standard InChI is InChI=1S/C14H25N3/c1-7-12-8-13(17-11(5)16-12)14(9(2)3)10(4)15-6/h8-10,14-15H,7H2,1-6H3. The van der Waals surface area contributed by atoms with Gasteiger partial charge in [0.25, 0.3) is 0 Å². The van der Waals surface area contributed by atoms with E-state index in [0.717, 1.165) is 17.9 Å². The summed E-state index contributed by atoms with van der Waals surface area (Å²) in [5.41, 5.74) is 2.31. The molecule has 17 heavy (non-hydrogen) atoms. The van der Waals surface area contributed by atoms with Crippen LogP contribution in [0.4, 0.5) is 0 Å². The van der Waals surface area contributed by atoms with Crippen molar-refractivity contribution >= 4 is 0 Å². The summed E-state index contributed by atoms with van der Waals surface area (Å²) < 4.78 is 0. The van der Waals surface area contributed by atoms with Crippen LogP contribution in [0.1, 0.15) is 50.8 Å². The van der Waals surface area contributed by atoms with Crippen molar-refractivity contribution in [3.05, 3.63) is 23.3 Å². The third-order valence-corrected chi connectivity index (χ3v) is 3.33. The number of nitrogens with one attached hydrogen (secondary N) is 1. The summed E-state index contributed by atoms with van der Waals surface area (Å²) in [7, 11) is 2.01. The molecule has 1 heterocycles. The van der Waals surface area contributed by atoms with Gasteiger partial charge in [0.1, 0.15) is 5.82 Å². The van der Waals surface area contributed by atoms with E-state index in [9.17, 15) is 0 Å². The van der Waals surface area contributed by atoms with E-state index < -0.39 is 0 Å². The van der Waals surface area contributed by atoms with E-state index in [0.29, 0.717) is 17.9 Å². The molecule has 1 rings (SSSR count). The quantitative estimate of drug-likeness (QED) is 0.852. The molecule has 3 heteroatoms. The molecular formula is C14H25N3. The van der Waals surface area contributed by atoms with Crippen molar-refractivity contribution in [2.24, 2.45) is 5.92 Å². The highest BCUT2D eigenvalue weighted by molar-refractivity contribution is 5.17. The van der Waals surface area contributed by atoms with Crippen molar-refractivity contribution in [3.8, 4) is 0 Å². The minimum Gasteiger partial charge on any atom is -0.317 e. The first-order valence-electron chi connectivity index (χ1n) is 6.51. The van der Waals surface area contributed by atoms with Crippen molar-refractivity contribution in [1.29, 1.82) is 0 Å².